The fourth-order valence-corrected chi connectivity index (χ4v) is 2.38. The molecule has 5 nitrogen and oxygen atoms in total. The van der Waals surface area contributed by atoms with Crippen LogP contribution in [0.5, 0.6) is 0 Å². The van der Waals surface area contributed by atoms with Crippen molar-refractivity contribution in [3.63, 3.8) is 0 Å². The Morgan fingerprint density at radius 1 is 1.44 bits per heavy atom. The molecule has 2 saturated heterocycles. The number of amides is 2. The molecule has 0 aromatic carbocycles. The fourth-order valence-electron chi connectivity index (χ4n) is 2.38. The molecule has 2 amide bonds. The number of rotatable bonds is 2. The van der Waals surface area contributed by atoms with Crippen LogP contribution >= 0.6 is 0 Å². The summed E-state index contributed by atoms with van der Waals surface area (Å²) >= 11 is 0. The van der Waals surface area contributed by atoms with Gasteiger partial charge < -0.3 is 20.1 Å². The van der Waals surface area contributed by atoms with Gasteiger partial charge in [0.2, 0.25) is 0 Å². The lowest BCUT2D eigenvalue weighted by atomic mass is 10.1. The molecule has 1 aromatic heterocycles. The van der Waals surface area contributed by atoms with Crippen LogP contribution in [0.25, 0.3) is 0 Å². The van der Waals surface area contributed by atoms with Crippen molar-refractivity contribution in [2.24, 2.45) is 0 Å². The van der Waals surface area contributed by atoms with E-state index in [2.05, 4.69) is 10.3 Å². The van der Waals surface area contributed by atoms with Crippen LogP contribution in [0.15, 0.2) is 18.3 Å². The van der Waals surface area contributed by atoms with Gasteiger partial charge in [-0.3, -0.25) is 0 Å². The van der Waals surface area contributed by atoms with Gasteiger partial charge in [-0.25, -0.2) is 4.79 Å². The Morgan fingerprint density at radius 2 is 2.25 bits per heavy atom. The van der Waals surface area contributed by atoms with E-state index in [1.165, 1.54) is 0 Å². The normalized spacial score (nSPS) is 26.3. The molecule has 1 unspecified atom stereocenters. The van der Waals surface area contributed by atoms with Crippen molar-refractivity contribution < 1.29 is 4.79 Å². The van der Waals surface area contributed by atoms with Gasteiger partial charge in [-0.05, 0) is 12.1 Å². The number of carbonyl (C=O) groups excluding carboxylic acids is 1. The predicted molar refractivity (Wildman–Crippen MR) is 60.1 cm³/mol. The summed E-state index contributed by atoms with van der Waals surface area (Å²) in [6, 6.07) is 4.71. The van der Waals surface area contributed by atoms with E-state index in [1.807, 2.05) is 35.2 Å². The van der Waals surface area contributed by atoms with E-state index in [1.54, 1.807) is 0 Å². The average molecular weight is 220 g/mol. The highest BCUT2D eigenvalue weighted by Crippen LogP contribution is 2.28. The molecule has 1 aromatic rings. The highest BCUT2D eigenvalue weighted by Gasteiger charge is 2.41. The van der Waals surface area contributed by atoms with Crippen molar-refractivity contribution in [1.29, 1.82) is 0 Å². The zero-order valence-corrected chi connectivity index (χ0v) is 9.31. The molecule has 2 aliphatic heterocycles. The zero-order chi connectivity index (χ0) is 11.1. The molecule has 16 heavy (non-hydrogen) atoms. The molecule has 2 fully saturated rings. The molecule has 3 heterocycles. The molecule has 5 heteroatoms. The van der Waals surface area contributed by atoms with E-state index in [9.17, 15) is 4.79 Å². The lowest BCUT2D eigenvalue weighted by molar-refractivity contribution is 0.162. The van der Waals surface area contributed by atoms with E-state index >= 15 is 0 Å². The molecule has 1 atom stereocenters. The summed E-state index contributed by atoms with van der Waals surface area (Å²) in [6.07, 6.45) is 1.90. The Bertz CT molecular complexity index is 385. The number of nitrogens with one attached hydrogen (secondary N) is 2. The van der Waals surface area contributed by atoms with E-state index in [0.29, 0.717) is 6.04 Å². The Hall–Kier alpha value is -1.49. The first-order chi connectivity index (χ1) is 7.77. The molecular weight excluding hydrogens is 204 g/mol. The number of hydrogen-bond donors (Lipinski definition) is 2. The number of aromatic amines is 1. The Labute approximate surface area is 94.4 Å². The summed E-state index contributed by atoms with van der Waals surface area (Å²) in [5, 5.41) is 3.20. The Morgan fingerprint density at radius 3 is 2.81 bits per heavy atom. The molecule has 3 rings (SSSR count). The summed E-state index contributed by atoms with van der Waals surface area (Å²) in [7, 11) is 1.87. The molecule has 2 aliphatic rings. The zero-order valence-electron chi connectivity index (χ0n) is 9.31. The summed E-state index contributed by atoms with van der Waals surface area (Å²) in [6.45, 7) is 2.65. The number of hydrogen-bond acceptors (Lipinski definition) is 2. The molecule has 0 radical (unpaired) electrons. The smallest absolute Gasteiger partial charge is 0.320 e. The van der Waals surface area contributed by atoms with Crippen LogP contribution in [0.2, 0.25) is 0 Å². The number of likely N-dealkylation sites (N-methyl/N-ethyl adjacent to an activating group) is 1. The van der Waals surface area contributed by atoms with Crippen LogP contribution in [-0.4, -0.2) is 53.5 Å². The van der Waals surface area contributed by atoms with Gasteiger partial charge in [-0.1, -0.05) is 0 Å². The van der Waals surface area contributed by atoms with Gasteiger partial charge in [0, 0.05) is 38.6 Å². The molecule has 0 aliphatic carbocycles. The predicted octanol–water partition coefficient (Wildman–Crippen LogP) is 0.395. The van der Waals surface area contributed by atoms with Crippen molar-refractivity contribution in [3.05, 3.63) is 24.0 Å². The van der Waals surface area contributed by atoms with Crippen molar-refractivity contribution in [2.75, 3.05) is 26.7 Å². The summed E-state index contributed by atoms with van der Waals surface area (Å²) in [4.78, 5) is 19.0. The summed E-state index contributed by atoms with van der Waals surface area (Å²) in [5.41, 5.74) is 1.12. The van der Waals surface area contributed by atoms with Gasteiger partial charge in [0.1, 0.15) is 0 Å². The lowest BCUT2D eigenvalue weighted by Crippen LogP contribution is -2.57. The van der Waals surface area contributed by atoms with E-state index in [4.69, 9.17) is 0 Å². The first-order valence-electron chi connectivity index (χ1n) is 5.65. The first kappa shape index (κ1) is 9.72. The van der Waals surface area contributed by atoms with Crippen LogP contribution in [0.1, 0.15) is 11.7 Å². The highest BCUT2D eigenvalue weighted by molar-refractivity contribution is 5.77. The van der Waals surface area contributed by atoms with Crippen molar-refractivity contribution >= 4 is 6.03 Å². The largest absolute Gasteiger partial charge is 0.363 e. The third-order valence-corrected chi connectivity index (χ3v) is 3.57. The van der Waals surface area contributed by atoms with Gasteiger partial charge in [-0.15, -0.1) is 0 Å². The fraction of sp³-hybridized carbons (Fsp3) is 0.545. The monoisotopic (exact) mass is 220 g/mol. The summed E-state index contributed by atoms with van der Waals surface area (Å²) in [5.74, 6) is 0. The molecule has 86 valence electrons. The number of urea groups is 1. The minimum absolute atomic E-state index is 0.145. The number of nitrogens with zero attached hydrogens (tertiary/aromatic N) is 2. The van der Waals surface area contributed by atoms with Crippen LogP contribution in [0, 0.1) is 0 Å². The van der Waals surface area contributed by atoms with E-state index in [-0.39, 0.29) is 12.1 Å². The third kappa shape index (κ3) is 1.31. The van der Waals surface area contributed by atoms with E-state index < -0.39 is 0 Å². The maximum absolute atomic E-state index is 12.1. The van der Waals surface area contributed by atoms with Crippen LogP contribution in [0.3, 0.4) is 0 Å². The minimum Gasteiger partial charge on any atom is -0.363 e. The maximum Gasteiger partial charge on any atom is 0.320 e. The van der Waals surface area contributed by atoms with Gasteiger partial charge in [0.15, 0.2) is 0 Å². The number of carbonyl (C=O) groups is 1. The van der Waals surface area contributed by atoms with Gasteiger partial charge >= 0.3 is 6.03 Å². The van der Waals surface area contributed by atoms with Crippen molar-refractivity contribution in [1.82, 2.24) is 20.1 Å². The molecule has 0 saturated carbocycles. The minimum atomic E-state index is 0.145. The Balaban J connectivity index is 1.80. The highest BCUT2D eigenvalue weighted by atomic mass is 16.2. The number of H-pyrrole nitrogens is 1. The second-order valence-electron chi connectivity index (χ2n) is 4.50. The van der Waals surface area contributed by atoms with Crippen LogP contribution < -0.4 is 5.32 Å². The maximum atomic E-state index is 12.1. The quantitative estimate of drug-likeness (QED) is 0.757. The van der Waals surface area contributed by atoms with Gasteiger partial charge in [-0.2, -0.15) is 0 Å². The Kier molecular flexibility index (Phi) is 2.14. The van der Waals surface area contributed by atoms with Crippen LogP contribution in [0.4, 0.5) is 4.79 Å². The molecule has 0 bridgehead atoms. The van der Waals surface area contributed by atoms with Gasteiger partial charge in [0.25, 0.3) is 0 Å². The number of aromatic nitrogens is 1. The molecule has 2 N–H and O–H groups in total. The third-order valence-electron chi connectivity index (χ3n) is 3.57. The average Bonchev–Trinajstić information content (AvgIpc) is 2.79. The second-order valence-corrected chi connectivity index (χ2v) is 4.50. The van der Waals surface area contributed by atoms with E-state index in [0.717, 1.165) is 25.3 Å². The first-order valence-corrected chi connectivity index (χ1v) is 5.65. The topological polar surface area (TPSA) is 51.4 Å². The molecule has 0 spiro atoms. The van der Waals surface area contributed by atoms with Crippen molar-refractivity contribution in [2.45, 2.75) is 12.1 Å². The standard InChI is InChI=1S/C11H16N4O/c1-14-10(9-3-2-4-13-9)7-15(11(14)16)8-5-12-6-8/h2-4,8,10,12-13H,5-7H2,1H3. The van der Waals surface area contributed by atoms with Gasteiger partial charge in [0.05, 0.1) is 12.1 Å². The summed E-state index contributed by atoms with van der Waals surface area (Å²) < 4.78 is 0. The molecular formula is C11H16N4O. The SMILES string of the molecule is CN1C(=O)N(C2CNC2)CC1c1ccc[nH]1. The lowest BCUT2D eigenvalue weighted by Gasteiger charge is -2.34. The van der Waals surface area contributed by atoms with Crippen molar-refractivity contribution in [3.8, 4) is 0 Å². The van der Waals surface area contributed by atoms with Crippen LogP contribution in [-0.2, 0) is 0 Å². The second kappa shape index (κ2) is 3.52.